The molecule has 1 aliphatic rings. The highest BCUT2D eigenvalue weighted by Gasteiger charge is 2.37. The lowest BCUT2D eigenvalue weighted by Gasteiger charge is -2.37. The van der Waals surface area contributed by atoms with Crippen LogP contribution in [0, 0.1) is 5.92 Å². The highest BCUT2D eigenvalue weighted by Crippen LogP contribution is 2.31. The number of hydrogen-bond donors (Lipinski definition) is 2. The Balaban J connectivity index is 0.00000156. The van der Waals surface area contributed by atoms with E-state index in [0.29, 0.717) is 6.54 Å². The Morgan fingerprint density at radius 3 is 2.88 bits per heavy atom. The monoisotopic (exact) mass is 385 g/mol. The zero-order chi connectivity index (χ0) is 16.3. The van der Waals surface area contributed by atoms with E-state index < -0.39 is 5.54 Å². The van der Waals surface area contributed by atoms with Gasteiger partial charge >= 0.3 is 0 Å². The first-order valence-corrected chi connectivity index (χ1v) is 8.07. The Morgan fingerprint density at radius 2 is 2.20 bits per heavy atom. The molecule has 0 aliphatic heterocycles. The summed E-state index contributed by atoms with van der Waals surface area (Å²) >= 11 is 0. The molecule has 0 bridgehead atoms. The van der Waals surface area contributed by atoms with Gasteiger partial charge in [0.15, 0.2) is 0 Å². The average molecular weight is 386 g/mol. The predicted octanol–water partition coefficient (Wildman–Crippen LogP) is 2.63. The first kappa shape index (κ1) is 21.4. The Kier molecular flexibility index (Phi) is 7.86. The minimum absolute atomic E-state index is 0. The number of amides is 1. The van der Waals surface area contributed by atoms with Gasteiger partial charge in [0.1, 0.15) is 12.1 Å². The summed E-state index contributed by atoms with van der Waals surface area (Å²) < 4.78 is 1.84. The fourth-order valence-corrected chi connectivity index (χ4v) is 3.28. The van der Waals surface area contributed by atoms with Crippen LogP contribution in [-0.4, -0.2) is 26.0 Å². The van der Waals surface area contributed by atoms with Crippen LogP contribution in [0.15, 0.2) is 37.1 Å². The lowest BCUT2D eigenvalue weighted by atomic mass is 9.74. The van der Waals surface area contributed by atoms with Crippen LogP contribution in [0.5, 0.6) is 0 Å². The minimum atomic E-state index is -0.412. The molecule has 8 heteroatoms. The quantitative estimate of drug-likeness (QED) is 0.846. The van der Waals surface area contributed by atoms with Crippen molar-refractivity contribution in [3.63, 3.8) is 0 Å². The second kappa shape index (κ2) is 9.17. The molecule has 3 N–H and O–H groups in total. The number of rotatable bonds is 4. The predicted molar refractivity (Wildman–Crippen MR) is 102 cm³/mol. The number of nitrogens with zero attached hydrogens (tertiary/aromatic N) is 3. The van der Waals surface area contributed by atoms with Crippen LogP contribution < -0.4 is 11.1 Å². The third-order valence-corrected chi connectivity index (χ3v) is 4.64. The molecule has 2 aromatic heterocycles. The zero-order valence-electron chi connectivity index (χ0n) is 14.2. The van der Waals surface area contributed by atoms with Gasteiger partial charge in [0.2, 0.25) is 5.91 Å². The van der Waals surface area contributed by atoms with Gasteiger partial charge in [-0.1, -0.05) is 18.9 Å². The van der Waals surface area contributed by atoms with Gasteiger partial charge in [0, 0.05) is 36.2 Å². The van der Waals surface area contributed by atoms with Crippen LogP contribution in [-0.2, 0) is 11.3 Å². The molecule has 0 aromatic carbocycles. The molecule has 1 fully saturated rings. The van der Waals surface area contributed by atoms with Gasteiger partial charge in [-0.25, -0.2) is 9.97 Å². The van der Waals surface area contributed by atoms with E-state index in [-0.39, 0.29) is 36.6 Å². The van der Waals surface area contributed by atoms with E-state index in [1.54, 1.807) is 18.7 Å². The van der Waals surface area contributed by atoms with Gasteiger partial charge in [-0.15, -0.1) is 24.8 Å². The first-order chi connectivity index (χ1) is 11.1. The molecule has 0 saturated heterocycles. The van der Waals surface area contributed by atoms with Crippen LogP contribution in [0.4, 0.5) is 0 Å². The van der Waals surface area contributed by atoms with Crippen LogP contribution in [0.3, 0.4) is 0 Å². The molecule has 6 nitrogen and oxygen atoms in total. The van der Waals surface area contributed by atoms with Crippen molar-refractivity contribution >= 4 is 30.7 Å². The Hall–Kier alpha value is -1.63. The van der Waals surface area contributed by atoms with Crippen molar-refractivity contribution in [1.82, 2.24) is 19.9 Å². The Bertz CT molecular complexity index is 675. The normalized spacial score (nSPS) is 22.4. The standard InChI is InChI=1S/C17H23N5O.2ClH/c1-17(18)7-3-2-6-14(17)16(23)21-11-13-5-4-8-20-15(13)22-10-9-19-12-22;;/h4-5,8-10,12,14H,2-3,6-7,11,18H2,1H3,(H,21,23);2*1H. The molecule has 2 atom stereocenters. The van der Waals surface area contributed by atoms with Gasteiger partial charge in [0.05, 0.1) is 5.92 Å². The van der Waals surface area contributed by atoms with Gasteiger partial charge in [-0.3, -0.25) is 9.36 Å². The highest BCUT2D eigenvalue weighted by atomic mass is 35.5. The number of nitrogens with two attached hydrogens (primary N) is 1. The van der Waals surface area contributed by atoms with Gasteiger partial charge in [-0.05, 0) is 25.8 Å². The molecular weight excluding hydrogens is 361 g/mol. The SMILES string of the molecule is CC1(N)CCCCC1C(=O)NCc1cccnc1-n1ccnc1.Cl.Cl. The van der Waals surface area contributed by atoms with E-state index in [1.807, 2.05) is 29.8 Å². The second-order valence-electron chi connectivity index (χ2n) is 6.48. The minimum Gasteiger partial charge on any atom is -0.352 e. The molecule has 1 saturated carbocycles. The number of hydrogen-bond acceptors (Lipinski definition) is 4. The van der Waals surface area contributed by atoms with Crippen LogP contribution >= 0.6 is 24.8 Å². The van der Waals surface area contributed by atoms with Crippen molar-refractivity contribution < 1.29 is 4.79 Å². The van der Waals surface area contributed by atoms with Crippen molar-refractivity contribution in [2.45, 2.75) is 44.7 Å². The smallest absolute Gasteiger partial charge is 0.225 e. The molecule has 2 aromatic rings. The molecule has 1 amide bonds. The molecule has 0 spiro atoms. The molecule has 25 heavy (non-hydrogen) atoms. The van der Waals surface area contributed by atoms with E-state index >= 15 is 0 Å². The lowest BCUT2D eigenvalue weighted by molar-refractivity contribution is -0.128. The molecule has 0 radical (unpaired) electrons. The maximum atomic E-state index is 12.6. The number of nitrogens with one attached hydrogen (secondary N) is 1. The van der Waals surface area contributed by atoms with E-state index in [0.717, 1.165) is 37.1 Å². The summed E-state index contributed by atoms with van der Waals surface area (Å²) in [5.41, 5.74) is 6.85. The van der Waals surface area contributed by atoms with Crippen molar-refractivity contribution in [3.8, 4) is 5.82 Å². The Morgan fingerprint density at radius 1 is 1.40 bits per heavy atom. The molecular formula is C17H25Cl2N5O. The molecule has 2 heterocycles. The summed E-state index contributed by atoms with van der Waals surface area (Å²) in [4.78, 5) is 21.0. The lowest BCUT2D eigenvalue weighted by Crippen LogP contribution is -2.52. The molecule has 3 rings (SSSR count). The van der Waals surface area contributed by atoms with E-state index in [2.05, 4.69) is 15.3 Å². The number of imidazole rings is 1. The van der Waals surface area contributed by atoms with E-state index in [1.165, 1.54) is 0 Å². The summed E-state index contributed by atoms with van der Waals surface area (Å²) in [6, 6.07) is 3.83. The molecule has 1 aliphatic carbocycles. The van der Waals surface area contributed by atoms with Crippen molar-refractivity contribution in [2.75, 3.05) is 0 Å². The van der Waals surface area contributed by atoms with E-state index in [4.69, 9.17) is 5.73 Å². The molecule has 138 valence electrons. The second-order valence-corrected chi connectivity index (χ2v) is 6.48. The number of pyridine rings is 1. The van der Waals surface area contributed by atoms with Crippen LogP contribution in [0.2, 0.25) is 0 Å². The Labute approximate surface area is 160 Å². The largest absolute Gasteiger partial charge is 0.352 e. The maximum absolute atomic E-state index is 12.6. The molecule has 2 unspecified atom stereocenters. The van der Waals surface area contributed by atoms with Gasteiger partial charge < -0.3 is 11.1 Å². The fourth-order valence-electron chi connectivity index (χ4n) is 3.28. The fraction of sp³-hybridized carbons (Fsp3) is 0.471. The number of aromatic nitrogens is 3. The maximum Gasteiger partial charge on any atom is 0.225 e. The zero-order valence-corrected chi connectivity index (χ0v) is 15.9. The van der Waals surface area contributed by atoms with Crippen LogP contribution in [0.25, 0.3) is 5.82 Å². The van der Waals surface area contributed by atoms with Crippen molar-refractivity contribution in [2.24, 2.45) is 11.7 Å². The highest BCUT2D eigenvalue weighted by molar-refractivity contribution is 5.85. The number of carbonyl (C=O) groups excluding carboxylic acids is 1. The van der Waals surface area contributed by atoms with Crippen molar-refractivity contribution in [1.29, 1.82) is 0 Å². The van der Waals surface area contributed by atoms with Gasteiger partial charge in [-0.2, -0.15) is 0 Å². The third kappa shape index (κ3) is 4.93. The number of carbonyl (C=O) groups is 1. The average Bonchev–Trinajstić information content (AvgIpc) is 3.07. The topological polar surface area (TPSA) is 85.8 Å². The van der Waals surface area contributed by atoms with Crippen LogP contribution in [0.1, 0.15) is 38.2 Å². The summed E-state index contributed by atoms with van der Waals surface area (Å²) in [5, 5.41) is 3.03. The summed E-state index contributed by atoms with van der Waals surface area (Å²) in [5.74, 6) is 0.698. The number of halogens is 2. The summed E-state index contributed by atoms with van der Waals surface area (Å²) in [6.07, 6.45) is 10.9. The first-order valence-electron chi connectivity index (χ1n) is 8.07. The van der Waals surface area contributed by atoms with Gasteiger partial charge in [0.25, 0.3) is 0 Å². The summed E-state index contributed by atoms with van der Waals surface area (Å²) in [6.45, 7) is 2.42. The van der Waals surface area contributed by atoms with E-state index in [9.17, 15) is 4.79 Å². The third-order valence-electron chi connectivity index (χ3n) is 4.64. The summed E-state index contributed by atoms with van der Waals surface area (Å²) in [7, 11) is 0. The van der Waals surface area contributed by atoms with Crippen molar-refractivity contribution in [3.05, 3.63) is 42.6 Å².